The van der Waals surface area contributed by atoms with Crippen molar-refractivity contribution in [3.05, 3.63) is 0 Å². The van der Waals surface area contributed by atoms with Gasteiger partial charge in [-0.05, 0) is 6.92 Å². The van der Waals surface area contributed by atoms with Crippen molar-refractivity contribution in [1.82, 2.24) is 10.2 Å². The molecule has 4 heteroatoms. The fourth-order valence-electron chi connectivity index (χ4n) is 0.365. The number of hydrogen-bond donors (Lipinski definition) is 1. The second-order valence-corrected chi connectivity index (χ2v) is 2.04. The van der Waals surface area contributed by atoms with Crippen molar-refractivity contribution >= 4 is 12.4 Å². The Labute approximate surface area is 60.9 Å². The van der Waals surface area contributed by atoms with Crippen LogP contribution in [0, 0.1) is 0 Å². The van der Waals surface area contributed by atoms with Crippen molar-refractivity contribution in [3.8, 4) is 0 Å². The summed E-state index contributed by atoms with van der Waals surface area (Å²) in [6.45, 7) is 2.46. The average molecular weight is 143 g/mol. The number of aliphatic imine (C=N–C) groups is 1. The lowest BCUT2D eigenvalue weighted by atomic mass is 10.7. The molecule has 1 N–H and O–H groups in total. The first-order valence-corrected chi connectivity index (χ1v) is 3.15. The number of rotatable bonds is 2. The Balaban J connectivity index is 3.56. The molecule has 0 aromatic heterocycles. The van der Waals surface area contributed by atoms with Crippen LogP contribution >= 0.6 is 0 Å². The molecule has 58 valence electrons. The maximum atomic E-state index is 10.6. The highest BCUT2D eigenvalue weighted by Crippen LogP contribution is 1.72. The van der Waals surface area contributed by atoms with E-state index in [0.717, 1.165) is 0 Å². The molecule has 0 aliphatic heterocycles. The molecule has 0 heterocycles. The molecule has 0 saturated carbocycles. The molecular formula is C6H13N3O. The molecule has 0 fully saturated rings. The summed E-state index contributed by atoms with van der Waals surface area (Å²) in [6, 6.07) is -0.295. The topological polar surface area (TPSA) is 44.7 Å². The van der Waals surface area contributed by atoms with Crippen molar-refractivity contribution in [2.24, 2.45) is 4.99 Å². The van der Waals surface area contributed by atoms with Gasteiger partial charge in [0.2, 0.25) is 0 Å². The Morgan fingerprint density at radius 1 is 1.70 bits per heavy atom. The van der Waals surface area contributed by atoms with Crippen LogP contribution in [-0.4, -0.2) is 37.9 Å². The summed E-state index contributed by atoms with van der Waals surface area (Å²) >= 11 is 0. The standard InChI is InChI=1S/C6H13N3O/c1-4-7-6(10)8-5-9(2)3/h5H,4H2,1-3H3,(H,7,10). The fraction of sp³-hybridized carbons (Fsp3) is 0.667. The third kappa shape index (κ3) is 5.08. The Morgan fingerprint density at radius 3 is 2.70 bits per heavy atom. The van der Waals surface area contributed by atoms with E-state index in [1.54, 1.807) is 4.90 Å². The number of carbonyl (C=O) groups is 1. The van der Waals surface area contributed by atoms with E-state index in [1.807, 2.05) is 21.0 Å². The first-order valence-electron chi connectivity index (χ1n) is 3.15. The zero-order valence-electron chi connectivity index (χ0n) is 6.59. The Bertz CT molecular complexity index is 131. The molecule has 0 rings (SSSR count). The molecule has 10 heavy (non-hydrogen) atoms. The number of nitrogens with zero attached hydrogens (tertiary/aromatic N) is 2. The number of urea groups is 1. The fourth-order valence-corrected chi connectivity index (χ4v) is 0.365. The van der Waals surface area contributed by atoms with E-state index in [0.29, 0.717) is 6.54 Å². The van der Waals surface area contributed by atoms with Gasteiger partial charge in [-0.25, -0.2) is 4.79 Å². The largest absolute Gasteiger partial charge is 0.369 e. The first-order chi connectivity index (χ1) is 4.66. The van der Waals surface area contributed by atoms with Gasteiger partial charge in [0.1, 0.15) is 0 Å². The summed E-state index contributed by atoms with van der Waals surface area (Å²) in [5.74, 6) is 0. The normalized spacial score (nSPS) is 9.90. The van der Waals surface area contributed by atoms with Gasteiger partial charge >= 0.3 is 6.03 Å². The molecule has 0 unspecified atom stereocenters. The lowest BCUT2D eigenvalue weighted by Crippen LogP contribution is -2.20. The maximum Gasteiger partial charge on any atom is 0.342 e. The molecular weight excluding hydrogens is 130 g/mol. The lowest BCUT2D eigenvalue weighted by molar-refractivity contribution is 0.249. The lowest BCUT2D eigenvalue weighted by Gasteiger charge is -2.01. The molecule has 0 aromatic carbocycles. The van der Waals surface area contributed by atoms with Gasteiger partial charge in [0, 0.05) is 20.6 Å². The number of carbonyl (C=O) groups excluding carboxylic acids is 1. The number of hydrogen-bond acceptors (Lipinski definition) is 1. The predicted octanol–water partition coefficient (Wildman–Crippen LogP) is 0.306. The van der Waals surface area contributed by atoms with Gasteiger partial charge in [0.05, 0.1) is 6.34 Å². The Morgan fingerprint density at radius 2 is 2.30 bits per heavy atom. The van der Waals surface area contributed by atoms with E-state index in [1.165, 1.54) is 6.34 Å². The van der Waals surface area contributed by atoms with Crippen molar-refractivity contribution in [2.75, 3.05) is 20.6 Å². The monoisotopic (exact) mass is 143 g/mol. The van der Waals surface area contributed by atoms with E-state index in [4.69, 9.17) is 0 Å². The van der Waals surface area contributed by atoms with Gasteiger partial charge in [0.25, 0.3) is 0 Å². The average Bonchev–Trinajstić information content (AvgIpc) is 1.85. The summed E-state index contributed by atoms with van der Waals surface area (Å²) in [7, 11) is 3.62. The van der Waals surface area contributed by atoms with Gasteiger partial charge in [-0.15, -0.1) is 0 Å². The summed E-state index contributed by atoms with van der Waals surface area (Å²) in [5.41, 5.74) is 0. The van der Waals surface area contributed by atoms with Crippen LogP contribution in [-0.2, 0) is 0 Å². The highest BCUT2D eigenvalue weighted by Gasteiger charge is 1.90. The molecule has 0 saturated heterocycles. The third-order valence-corrected chi connectivity index (χ3v) is 0.734. The van der Waals surface area contributed by atoms with Crippen LogP contribution in [0.4, 0.5) is 4.79 Å². The van der Waals surface area contributed by atoms with Crippen LogP contribution in [0.3, 0.4) is 0 Å². The SMILES string of the molecule is CCNC(=O)N=CN(C)C. The van der Waals surface area contributed by atoms with Crippen molar-refractivity contribution in [2.45, 2.75) is 6.92 Å². The highest BCUT2D eigenvalue weighted by molar-refractivity contribution is 5.82. The van der Waals surface area contributed by atoms with Crippen molar-refractivity contribution in [3.63, 3.8) is 0 Å². The van der Waals surface area contributed by atoms with Crippen LogP contribution in [0.2, 0.25) is 0 Å². The Hall–Kier alpha value is -1.06. The van der Waals surface area contributed by atoms with E-state index in [9.17, 15) is 4.79 Å². The van der Waals surface area contributed by atoms with Crippen LogP contribution in [0.5, 0.6) is 0 Å². The van der Waals surface area contributed by atoms with Crippen LogP contribution in [0.15, 0.2) is 4.99 Å². The summed E-state index contributed by atoms with van der Waals surface area (Å²) in [6.07, 6.45) is 1.46. The molecule has 4 nitrogen and oxygen atoms in total. The summed E-state index contributed by atoms with van der Waals surface area (Å²) < 4.78 is 0. The molecule has 0 spiro atoms. The van der Waals surface area contributed by atoms with Crippen LogP contribution in [0.1, 0.15) is 6.92 Å². The van der Waals surface area contributed by atoms with Gasteiger partial charge < -0.3 is 10.2 Å². The van der Waals surface area contributed by atoms with Crippen molar-refractivity contribution in [1.29, 1.82) is 0 Å². The van der Waals surface area contributed by atoms with Gasteiger partial charge in [-0.1, -0.05) is 0 Å². The smallest absolute Gasteiger partial charge is 0.342 e. The highest BCUT2D eigenvalue weighted by atomic mass is 16.2. The molecule has 2 amide bonds. The summed E-state index contributed by atoms with van der Waals surface area (Å²) in [4.78, 5) is 15.9. The minimum atomic E-state index is -0.295. The molecule has 0 bridgehead atoms. The quantitative estimate of drug-likeness (QED) is 0.446. The maximum absolute atomic E-state index is 10.6. The van der Waals surface area contributed by atoms with Gasteiger partial charge in [0.15, 0.2) is 0 Å². The number of nitrogens with one attached hydrogen (secondary N) is 1. The van der Waals surface area contributed by atoms with Crippen molar-refractivity contribution < 1.29 is 4.79 Å². The van der Waals surface area contributed by atoms with Crippen LogP contribution < -0.4 is 5.32 Å². The summed E-state index contributed by atoms with van der Waals surface area (Å²) in [5, 5.41) is 2.54. The van der Waals surface area contributed by atoms with Gasteiger partial charge in [-0.2, -0.15) is 4.99 Å². The second-order valence-electron chi connectivity index (χ2n) is 2.04. The van der Waals surface area contributed by atoms with E-state index in [-0.39, 0.29) is 6.03 Å². The zero-order valence-corrected chi connectivity index (χ0v) is 6.59. The Kier molecular flexibility index (Phi) is 4.28. The minimum Gasteiger partial charge on any atom is -0.369 e. The molecule has 0 aromatic rings. The van der Waals surface area contributed by atoms with Gasteiger partial charge in [-0.3, -0.25) is 0 Å². The molecule has 0 aliphatic carbocycles. The predicted molar refractivity (Wildman–Crippen MR) is 41.3 cm³/mol. The minimum absolute atomic E-state index is 0.295. The first kappa shape index (κ1) is 8.94. The van der Waals surface area contributed by atoms with E-state index < -0.39 is 0 Å². The van der Waals surface area contributed by atoms with Crippen LogP contribution in [0.25, 0.3) is 0 Å². The van der Waals surface area contributed by atoms with E-state index >= 15 is 0 Å². The second kappa shape index (κ2) is 4.78. The van der Waals surface area contributed by atoms with E-state index in [2.05, 4.69) is 10.3 Å². The molecule has 0 atom stereocenters. The number of amides is 2. The zero-order chi connectivity index (χ0) is 7.98. The third-order valence-electron chi connectivity index (χ3n) is 0.734. The molecule has 0 radical (unpaired) electrons. The molecule has 0 aliphatic rings.